The second kappa shape index (κ2) is 5.96. The van der Waals surface area contributed by atoms with E-state index in [9.17, 15) is 0 Å². The smallest absolute Gasteiger partial charge is 0.124 e. The van der Waals surface area contributed by atoms with Crippen LogP contribution in [-0.4, -0.2) is 6.10 Å². The topological polar surface area (TPSA) is 35.2 Å². The number of ether oxygens (including phenoxy) is 1. The van der Waals surface area contributed by atoms with Gasteiger partial charge in [-0.3, -0.25) is 0 Å². The summed E-state index contributed by atoms with van der Waals surface area (Å²) in [6, 6.07) is 8.38. The molecule has 106 valence electrons. The lowest BCUT2D eigenvalue weighted by molar-refractivity contribution is 0.203. The lowest BCUT2D eigenvalue weighted by Gasteiger charge is -2.35. The zero-order valence-corrected chi connectivity index (χ0v) is 12.5. The molecule has 0 aliphatic heterocycles. The molecule has 0 heterocycles. The summed E-state index contributed by atoms with van der Waals surface area (Å²) < 4.78 is 5.94. The minimum Gasteiger partial charge on any atom is -0.491 e. The van der Waals surface area contributed by atoms with Crippen LogP contribution in [0.2, 0.25) is 0 Å². The van der Waals surface area contributed by atoms with Gasteiger partial charge in [0.05, 0.1) is 6.10 Å². The Hall–Kier alpha value is -1.02. The minimum absolute atomic E-state index is 0.0925. The highest BCUT2D eigenvalue weighted by Crippen LogP contribution is 2.50. The summed E-state index contributed by atoms with van der Waals surface area (Å²) in [7, 11) is 0. The monoisotopic (exact) mass is 261 g/mol. The van der Waals surface area contributed by atoms with E-state index in [1.165, 1.54) is 31.2 Å². The maximum absolute atomic E-state index is 6.64. The Bertz CT molecular complexity index is 407. The molecule has 1 unspecified atom stereocenters. The predicted octanol–water partition coefficient (Wildman–Crippen LogP) is 4.44. The number of hydrogen-bond donors (Lipinski definition) is 1. The van der Waals surface area contributed by atoms with Gasteiger partial charge < -0.3 is 10.5 Å². The summed E-state index contributed by atoms with van der Waals surface area (Å²) >= 11 is 0. The van der Waals surface area contributed by atoms with Crippen molar-refractivity contribution in [2.45, 2.75) is 65.0 Å². The van der Waals surface area contributed by atoms with Crippen LogP contribution in [0.15, 0.2) is 24.3 Å². The van der Waals surface area contributed by atoms with Gasteiger partial charge in [0.25, 0.3) is 0 Å². The van der Waals surface area contributed by atoms with Gasteiger partial charge in [0, 0.05) is 11.6 Å². The molecule has 19 heavy (non-hydrogen) atoms. The fourth-order valence-corrected chi connectivity index (χ4v) is 3.39. The van der Waals surface area contributed by atoms with Crippen LogP contribution in [0.25, 0.3) is 0 Å². The summed E-state index contributed by atoms with van der Waals surface area (Å²) in [5.74, 6) is 0.963. The highest BCUT2D eigenvalue weighted by molar-refractivity contribution is 5.37. The predicted molar refractivity (Wildman–Crippen MR) is 80.3 cm³/mol. The summed E-state index contributed by atoms with van der Waals surface area (Å²) in [6.07, 6.45) is 6.48. The average Bonchev–Trinajstić information content (AvgIpc) is 2.88. The van der Waals surface area contributed by atoms with Crippen molar-refractivity contribution in [3.63, 3.8) is 0 Å². The molecule has 0 aromatic heterocycles. The lowest BCUT2D eigenvalue weighted by atomic mass is 9.74. The first kappa shape index (κ1) is 14.4. The molecule has 1 atom stereocenters. The number of para-hydroxylation sites is 1. The quantitative estimate of drug-likeness (QED) is 0.850. The first-order chi connectivity index (χ1) is 9.09. The molecule has 2 heteroatoms. The number of hydrogen-bond acceptors (Lipinski definition) is 2. The maximum Gasteiger partial charge on any atom is 0.124 e. The van der Waals surface area contributed by atoms with E-state index >= 15 is 0 Å². The van der Waals surface area contributed by atoms with Crippen LogP contribution >= 0.6 is 0 Å². The van der Waals surface area contributed by atoms with Gasteiger partial charge in [0.1, 0.15) is 5.75 Å². The largest absolute Gasteiger partial charge is 0.491 e. The van der Waals surface area contributed by atoms with E-state index in [0.717, 1.165) is 12.2 Å². The van der Waals surface area contributed by atoms with Crippen LogP contribution in [0.1, 0.15) is 64.5 Å². The van der Waals surface area contributed by atoms with Crippen molar-refractivity contribution in [3.05, 3.63) is 29.8 Å². The normalized spacial score (nSPS) is 19.6. The Morgan fingerprint density at radius 1 is 1.21 bits per heavy atom. The molecule has 0 radical (unpaired) electrons. The summed E-state index contributed by atoms with van der Waals surface area (Å²) in [4.78, 5) is 0. The van der Waals surface area contributed by atoms with Crippen LogP contribution < -0.4 is 10.5 Å². The van der Waals surface area contributed by atoms with Crippen LogP contribution in [-0.2, 0) is 0 Å². The van der Waals surface area contributed by atoms with E-state index in [4.69, 9.17) is 10.5 Å². The third kappa shape index (κ3) is 2.94. The fraction of sp³-hybridized carbons (Fsp3) is 0.647. The first-order valence-electron chi connectivity index (χ1n) is 7.60. The van der Waals surface area contributed by atoms with Gasteiger partial charge in [-0.15, -0.1) is 0 Å². The number of benzene rings is 1. The van der Waals surface area contributed by atoms with Crippen LogP contribution in [0.3, 0.4) is 0 Å². The summed E-state index contributed by atoms with van der Waals surface area (Å²) in [6.45, 7) is 6.40. The average molecular weight is 261 g/mol. The summed E-state index contributed by atoms with van der Waals surface area (Å²) in [5, 5.41) is 0. The number of nitrogens with two attached hydrogens (primary N) is 1. The molecule has 1 aliphatic carbocycles. The highest BCUT2D eigenvalue weighted by atomic mass is 16.5. The zero-order chi connectivity index (χ0) is 13.9. The zero-order valence-electron chi connectivity index (χ0n) is 12.5. The van der Waals surface area contributed by atoms with Crippen molar-refractivity contribution < 1.29 is 4.74 Å². The summed E-state index contributed by atoms with van der Waals surface area (Å²) in [5.41, 5.74) is 8.10. The van der Waals surface area contributed by atoms with Crippen LogP contribution in [0.4, 0.5) is 0 Å². The molecular formula is C17H27NO. The van der Waals surface area contributed by atoms with Gasteiger partial charge in [-0.05, 0) is 44.6 Å². The van der Waals surface area contributed by atoms with E-state index in [2.05, 4.69) is 32.9 Å². The van der Waals surface area contributed by atoms with Gasteiger partial charge in [0.2, 0.25) is 0 Å². The molecule has 1 saturated carbocycles. The molecule has 2 N–H and O–H groups in total. The van der Waals surface area contributed by atoms with E-state index in [1.807, 2.05) is 12.1 Å². The third-order valence-electron chi connectivity index (χ3n) is 4.58. The molecule has 2 nitrogen and oxygen atoms in total. The molecule has 0 bridgehead atoms. The molecule has 0 spiro atoms. The van der Waals surface area contributed by atoms with Gasteiger partial charge in [-0.25, -0.2) is 0 Å². The standard InChI is InChI=1S/C17H27NO/c1-4-17(11-7-8-12-17)16(18)14-9-5-6-10-15(14)19-13(2)3/h5-6,9-10,13,16H,4,7-8,11-12,18H2,1-3H3. The lowest BCUT2D eigenvalue weighted by Crippen LogP contribution is -2.32. The minimum atomic E-state index is 0.0925. The van der Waals surface area contributed by atoms with Gasteiger partial charge in [-0.1, -0.05) is 38.0 Å². The van der Waals surface area contributed by atoms with Crippen LogP contribution in [0, 0.1) is 5.41 Å². The van der Waals surface area contributed by atoms with Gasteiger partial charge in [-0.2, -0.15) is 0 Å². The molecule has 1 aromatic carbocycles. The van der Waals surface area contributed by atoms with Crippen molar-refractivity contribution in [1.82, 2.24) is 0 Å². The third-order valence-corrected chi connectivity index (χ3v) is 4.58. The van der Waals surface area contributed by atoms with E-state index in [0.29, 0.717) is 0 Å². The molecule has 0 saturated heterocycles. The second-order valence-corrected chi connectivity index (χ2v) is 6.11. The van der Waals surface area contributed by atoms with Crippen molar-refractivity contribution in [2.75, 3.05) is 0 Å². The van der Waals surface area contributed by atoms with Gasteiger partial charge in [0.15, 0.2) is 0 Å². The Labute approximate surface area is 117 Å². The Balaban J connectivity index is 2.29. The SMILES string of the molecule is CCC1(C(N)c2ccccc2OC(C)C)CCCC1. The Morgan fingerprint density at radius 3 is 2.42 bits per heavy atom. The first-order valence-corrected chi connectivity index (χ1v) is 7.60. The Kier molecular flexibility index (Phi) is 4.51. The highest BCUT2D eigenvalue weighted by Gasteiger charge is 2.39. The van der Waals surface area contributed by atoms with E-state index in [-0.39, 0.29) is 17.6 Å². The van der Waals surface area contributed by atoms with Crippen molar-refractivity contribution in [3.8, 4) is 5.75 Å². The molecule has 2 rings (SSSR count). The molecular weight excluding hydrogens is 234 g/mol. The maximum atomic E-state index is 6.64. The molecule has 1 fully saturated rings. The van der Waals surface area contributed by atoms with E-state index < -0.39 is 0 Å². The molecule has 1 aliphatic rings. The van der Waals surface area contributed by atoms with Crippen LogP contribution in [0.5, 0.6) is 5.75 Å². The van der Waals surface area contributed by atoms with Crippen molar-refractivity contribution in [2.24, 2.45) is 11.1 Å². The van der Waals surface area contributed by atoms with Crippen molar-refractivity contribution in [1.29, 1.82) is 0 Å². The second-order valence-electron chi connectivity index (χ2n) is 6.11. The van der Waals surface area contributed by atoms with E-state index in [1.54, 1.807) is 0 Å². The number of rotatable bonds is 5. The van der Waals surface area contributed by atoms with Crippen molar-refractivity contribution >= 4 is 0 Å². The fourth-order valence-electron chi connectivity index (χ4n) is 3.39. The Morgan fingerprint density at radius 2 is 1.84 bits per heavy atom. The van der Waals surface area contributed by atoms with Gasteiger partial charge >= 0.3 is 0 Å². The molecule has 1 aromatic rings. The molecule has 0 amide bonds.